The van der Waals surface area contributed by atoms with Crippen molar-refractivity contribution >= 4 is 52.7 Å². The molecule has 0 saturated carbocycles. The minimum atomic E-state index is -0.466. The number of anilines is 5. The highest BCUT2D eigenvalue weighted by Crippen LogP contribution is 2.24. The monoisotopic (exact) mass is 526 g/mol. The zero-order valence-corrected chi connectivity index (χ0v) is 20.3. The zero-order chi connectivity index (χ0) is 26.3. The van der Waals surface area contributed by atoms with Gasteiger partial charge in [0.1, 0.15) is 11.5 Å². The summed E-state index contributed by atoms with van der Waals surface area (Å²) in [5.41, 5.74) is 4.99. The van der Waals surface area contributed by atoms with Crippen LogP contribution >= 0.6 is 11.6 Å². The van der Waals surface area contributed by atoms with E-state index in [9.17, 15) is 10.1 Å². The fourth-order valence-electron chi connectivity index (χ4n) is 3.33. The van der Waals surface area contributed by atoms with Gasteiger partial charge in [0.25, 0.3) is 5.69 Å². The van der Waals surface area contributed by atoms with Gasteiger partial charge in [0.15, 0.2) is 0 Å². The predicted octanol–water partition coefficient (Wildman–Crippen LogP) is 6.63. The number of nitrogens with one attached hydrogen (secondary N) is 3. The fraction of sp³-hybridized carbons (Fsp3) is 0. The van der Waals surface area contributed by atoms with Crippen molar-refractivity contribution in [2.75, 3.05) is 16.1 Å². The summed E-state index contributed by atoms with van der Waals surface area (Å²) in [4.78, 5) is 23.6. The maximum absolute atomic E-state index is 10.9. The molecule has 0 spiro atoms. The Labute approximate surface area is 221 Å². The molecule has 0 aliphatic rings. The number of benzene rings is 3. The summed E-state index contributed by atoms with van der Waals surface area (Å²) in [6, 6.07) is 26.2. The number of nitro groups is 1. The maximum atomic E-state index is 10.9. The molecular formula is C26H19ClN8O3. The highest BCUT2D eigenvalue weighted by atomic mass is 35.5. The Bertz CT molecular complexity index is 1570. The normalized spacial score (nSPS) is 10.9. The van der Waals surface area contributed by atoms with Crippen LogP contribution in [0.25, 0.3) is 11.3 Å². The molecule has 3 aromatic carbocycles. The highest BCUT2D eigenvalue weighted by Gasteiger charge is 2.10. The first-order chi connectivity index (χ1) is 18.5. The van der Waals surface area contributed by atoms with Crippen LogP contribution in [0.2, 0.25) is 5.02 Å². The number of hydrazone groups is 1. The molecule has 5 aromatic rings. The van der Waals surface area contributed by atoms with E-state index in [1.165, 1.54) is 18.3 Å². The third kappa shape index (κ3) is 6.28. The second-order valence-corrected chi connectivity index (χ2v) is 8.24. The van der Waals surface area contributed by atoms with E-state index < -0.39 is 4.92 Å². The molecule has 0 aliphatic carbocycles. The predicted molar refractivity (Wildman–Crippen MR) is 146 cm³/mol. The van der Waals surface area contributed by atoms with E-state index in [0.29, 0.717) is 22.2 Å². The molecule has 5 rings (SSSR count). The summed E-state index contributed by atoms with van der Waals surface area (Å²) in [6.45, 7) is 0. The summed E-state index contributed by atoms with van der Waals surface area (Å²) < 4.78 is 5.82. The van der Waals surface area contributed by atoms with E-state index >= 15 is 0 Å². The van der Waals surface area contributed by atoms with E-state index in [1.54, 1.807) is 30.3 Å². The number of halogens is 1. The van der Waals surface area contributed by atoms with Crippen LogP contribution in [0.4, 0.5) is 34.9 Å². The van der Waals surface area contributed by atoms with Crippen LogP contribution in [-0.4, -0.2) is 26.1 Å². The average molecular weight is 527 g/mol. The lowest BCUT2D eigenvalue weighted by Gasteiger charge is -2.10. The fourth-order valence-corrected chi connectivity index (χ4v) is 3.46. The average Bonchev–Trinajstić information content (AvgIpc) is 3.39. The van der Waals surface area contributed by atoms with Gasteiger partial charge in [0.05, 0.1) is 11.1 Å². The summed E-state index contributed by atoms with van der Waals surface area (Å²) in [5.74, 6) is 1.81. The van der Waals surface area contributed by atoms with Gasteiger partial charge < -0.3 is 15.1 Å². The summed E-state index contributed by atoms with van der Waals surface area (Å²) in [5, 5.41) is 21.9. The van der Waals surface area contributed by atoms with Crippen LogP contribution < -0.4 is 16.1 Å². The van der Waals surface area contributed by atoms with Gasteiger partial charge in [0, 0.05) is 34.1 Å². The molecule has 0 bridgehead atoms. The summed E-state index contributed by atoms with van der Waals surface area (Å²) in [6.07, 6.45) is 1.50. The molecule has 12 heteroatoms. The van der Waals surface area contributed by atoms with Crippen molar-refractivity contribution in [3.05, 3.63) is 112 Å². The molecule has 188 valence electrons. The molecule has 2 heterocycles. The highest BCUT2D eigenvalue weighted by molar-refractivity contribution is 6.30. The number of hydrogen-bond donors (Lipinski definition) is 3. The molecule has 3 N–H and O–H groups in total. The van der Waals surface area contributed by atoms with Crippen molar-refractivity contribution in [1.82, 2.24) is 15.0 Å². The van der Waals surface area contributed by atoms with E-state index in [1.807, 2.05) is 48.5 Å². The first-order valence-corrected chi connectivity index (χ1v) is 11.6. The van der Waals surface area contributed by atoms with Crippen molar-refractivity contribution in [3.8, 4) is 11.3 Å². The van der Waals surface area contributed by atoms with Gasteiger partial charge in [-0.1, -0.05) is 29.8 Å². The number of nitro benzene ring substituents is 1. The van der Waals surface area contributed by atoms with Gasteiger partial charge in [-0.25, -0.2) is 5.43 Å². The van der Waals surface area contributed by atoms with Gasteiger partial charge in [-0.15, -0.1) is 0 Å². The van der Waals surface area contributed by atoms with Crippen LogP contribution in [0.3, 0.4) is 0 Å². The largest absolute Gasteiger partial charge is 0.455 e. The van der Waals surface area contributed by atoms with Crippen molar-refractivity contribution < 1.29 is 9.34 Å². The SMILES string of the molecule is O=[N+]([O-])c1ccc(Nc2nc(NN=Cc3ccc(-c4ccc(Cl)cc4)o3)nc(Nc3ccccc3)n2)cc1. The quantitative estimate of drug-likeness (QED) is 0.109. The second-order valence-electron chi connectivity index (χ2n) is 7.81. The maximum Gasteiger partial charge on any atom is 0.269 e. The van der Waals surface area contributed by atoms with E-state index in [0.717, 1.165) is 11.3 Å². The molecule has 0 fully saturated rings. The van der Waals surface area contributed by atoms with Crippen LogP contribution in [-0.2, 0) is 0 Å². The molecule has 0 amide bonds. The Hall–Kier alpha value is -5.29. The summed E-state index contributed by atoms with van der Waals surface area (Å²) >= 11 is 5.95. The lowest BCUT2D eigenvalue weighted by atomic mass is 10.2. The molecule has 0 atom stereocenters. The van der Waals surface area contributed by atoms with Gasteiger partial charge >= 0.3 is 0 Å². The Kier molecular flexibility index (Phi) is 7.18. The molecule has 38 heavy (non-hydrogen) atoms. The number of para-hydroxylation sites is 1. The van der Waals surface area contributed by atoms with Crippen LogP contribution in [0, 0.1) is 10.1 Å². The molecule has 0 saturated heterocycles. The Morgan fingerprint density at radius 3 is 2.08 bits per heavy atom. The van der Waals surface area contributed by atoms with Crippen molar-refractivity contribution in [2.24, 2.45) is 5.10 Å². The molecule has 0 aliphatic heterocycles. The number of rotatable bonds is 9. The molecule has 2 aromatic heterocycles. The van der Waals surface area contributed by atoms with Gasteiger partial charge in [0.2, 0.25) is 17.8 Å². The lowest BCUT2D eigenvalue weighted by Crippen LogP contribution is -2.07. The standard InChI is InChI=1S/C26H19ClN8O3/c27-18-8-6-17(7-9-18)23-15-14-22(38-23)16-28-34-26-32-24(29-19-4-2-1-3-5-19)31-25(33-26)30-20-10-12-21(13-11-20)35(36)37/h1-16H,(H3,29,30,31,32,33,34). The Morgan fingerprint density at radius 2 is 1.42 bits per heavy atom. The van der Waals surface area contributed by atoms with Crippen molar-refractivity contribution in [3.63, 3.8) is 0 Å². The number of non-ortho nitro benzene ring substituents is 1. The Morgan fingerprint density at radius 1 is 0.789 bits per heavy atom. The van der Waals surface area contributed by atoms with E-state index in [4.69, 9.17) is 16.0 Å². The lowest BCUT2D eigenvalue weighted by molar-refractivity contribution is -0.384. The third-order valence-corrected chi connectivity index (χ3v) is 5.36. The first-order valence-electron chi connectivity index (χ1n) is 11.3. The minimum Gasteiger partial charge on any atom is -0.455 e. The van der Waals surface area contributed by atoms with E-state index in [2.05, 4.69) is 36.1 Å². The number of nitrogens with zero attached hydrogens (tertiary/aromatic N) is 5. The van der Waals surface area contributed by atoms with Crippen LogP contribution in [0.5, 0.6) is 0 Å². The molecule has 0 unspecified atom stereocenters. The van der Waals surface area contributed by atoms with Crippen LogP contribution in [0.15, 0.2) is 101 Å². The van der Waals surface area contributed by atoms with Gasteiger partial charge in [-0.3, -0.25) is 10.1 Å². The topological polar surface area (TPSA) is 143 Å². The third-order valence-electron chi connectivity index (χ3n) is 5.11. The first kappa shape index (κ1) is 24.4. The van der Waals surface area contributed by atoms with Crippen molar-refractivity contribution in [1.29, 1.82) is 0 Å². The zero-order valence-electron chi connectivity index (χ0n) is 19.6. The smallest absolute Gasteiger partial charge is 0.269 e. The minimum absolute atomic E-state index is 0.0218. The number of aromatic nitrogens is 3. The van der Waals surface area contributed by atoms with E-state index in [-0.39, 0.29) is 23.5 Å². The number of hydrogen-bond acceptors (Lipinski definition) is 10. The van der Waals surface area contributed by atoms with Gasteiger partial charge in [-0.2, -0.15) is 20.1 Å². The second kappa shape index (κ2) is 11.2. The molecular weight excluding hydrogens is 508 g/mol. The number of furan rings is 1. The molecule has 11 nitrogen and oxygen atoms in total. The van der Waals surface area contributed by atoms with Gasteiger partial charge in [-0.05, 0) is 60.7 Å². The summed E-state index contributed by atoms with van der Waals surface area (Å²) in [7, 11) is 0. The molecule has 0 radical (unpaired) electrons. The van der Waals surface area contributed by atoms with Crippen molar-refractivity contribution in [2.45, 2.75) is 0 Å². The van der Waals surface area contributed by atoms with Crippen LogP contribution in [0.1, 0.15) is 5.76 Å². The Balaban J connectivity index is 1.34.